The van der Waals surface area contributed by atoms with Crippen LogP contribution < -0.4 is 10.6 Å². The molecule has 2 atom stereocenters. The SMILES string of the molecule is O=C(CC1CCCN1)NC1CCN(Cc2ccc(C(F)(F)F)cc2)C1. The summed E-state index contributed by atoms with van der Waals surface area (Å²) in [5, 5.41) is 6.40. The van der Waals surface area contributed by atoms with E-state index in [1.165, 1.54) is 12.1 Å². The van der Waals surface area contributed by atoms with Gasteiger partial charge in [0.2, 0.25) is 5.91 Å². The zero-order chi connectivity index (χ0) is 17.9. The Kier molecular flexibility index (Phi) is 5.64. The molecule has 2 N–H and O–H groups in total. The maximum Gasteiger partial charge on any atom is 0.416 e. The first kappa shape index (κ1) is 18.2. The van der Waals surface area contributed by atoms with Crippen molar-refractivity contribution < 1.29 is 18.0 Å². The zero-order valence-corrected chi connectivity index (χ0v) is 14.1. The number of halogens is 3. The van der Waals surface area contributed by atoms with E-state index >= 15 is 0 Å². The first-order valence-corrected chi connectivity index (χ1v) is 8.81. The summed E-state index contributed by atoms with van der Waals surface area (Å²) in [4.78, 5) is 14.2. The van der Waals surface area contributed by atoms with Crippen molar-refractivity contribution in [3.8, 4) is 0 Å². The molecule has 2 heterocycles. The Morgan fingerprint density at radius 2 is 2.00 bits per heavy atom. The Hall–Kier alpha value is -1.60. The van der Waals surface area contributed by atoms with Gasteiger partial charge in [-0.3, -0.25) is 9.69 Å². The van der Waals surface area contributed by atoms with Crippen LogP contribution in [0.2, 0.25) is 0 Å². The molecular formula is C18H24F3N3O. The standard InChI is InChI=1S/C18H24F3N3O/c19-18(20,21)14-5-3-13(4-6-14)11-24-9-7-16(12-24)23-17(25)10-15-2-1-8-22-15/h3-6,15-16,22H,1-2,7-12H2,(H,23,25). The van der Waals surface area contributed by atoms with Crippen LogP contribution in [0.1, 0.15) is 36.8 Å². The summed E-state index contributed by atoms with van der Waals surface area (Å²) in [7, 11) is 0. The van der Waals surface area contributed by atoms with Gasteiger partial charge in [0.05, 0.1) is 5.56 Å². The summed E-state index contributed by atoms with van der Waals surface area (Å²) in [6.07, 6.45) is -0.712. The van der Waals surface area contributed by atoms with Crippen LogP contribution >= 0.6 is 0 Å². The third kappa shape index (κ3) is 5.19. The van der Waals surface area contributed by atoms with E-state index in [1.54, 1.807) is 0 Å². The largest absolute Gasteiger partial charge is 0.416 e. The number of nitrogens with one attached hydrogen (secondary N) is 2. The predicted octanol–water partition coefficient (Wildman–Crippen LogP) is 2.54. The molecule has 2 aliphatic rings. The molecule has 2 saturated heterocycles. The van der Waals surface area contributed by atoms with Crippen LogP contribution in [-0.2, 0) is 17.5 Å². The molecule has 4 nitrogen and oxygen atoms in total. The molecule has 0 aliphatic carbocycles. The van der Waals surface area contributed by atoms with Gasteiger partial charge in [-0.25, -0.2) is 0 Å². The summed E-state index contributed by atoms with van der Waals surface area (Å²) >= 11 is 0. The number of carbonyl (C=O) groups is 1. The van der Waals surface area contributed by atoms with Gasteiger partial charge in [-0.1, -0.05) is 12.1 Å². The minimum atomic E-state index is -4.30. The highest BCUT2D eigenvalue weighted by atomic mass is 19.4. The molecule has 3 rings (SSSR count). The van der Waals surface area contributed by atoms with Gasteiger partial charge in [-0.05, 0) is 43.5 Å². The van der Waals surface area contributed by atoms with E-state index in [2.05, 4.69) is 15.5 Å². The van der Waals surface area contributed by atoms with E-state index in [9.17, 15) is 18.0 Å². The molecule has 2 fully saturated rings. The smallest absolute Gasteiger partial charge is 0.352 e. The highest BCUT2D eigenvalue weighted by Crippen LogP contribution is 2.29. The van der Waals surface area contributed by atoms with E-state index in [4.69, 9.17) is 0 Å². The molecule has 1 aromatic carbocycles. The Labute approximate surface area is 145 Å². The average Bonchev–Trinajstić information content (AvgIpc) is 3.19. The lowest BCUT2D eigenvalue weighted by Crippen LogP contribution is -2.39. The van der Waals surface area contributed by atoms with E-state index in [1.807, 2.05) is 0 Å². The molecule has 2 aliphatic heterocycles. The Bertz CT molecular complexity index is 582. The predicted molar refractivity (Wildman–Crippen MR) is 88.9 cm³/mol. The maximum atomic E-state index is 12.6. The van der Waals surface area contributed by atoms with Crippen LogP contribution in [0.4, 0.5) is 13.2 Å². The van der Waals surface area contributed by atoms with E-state index in [0.29, 0.717) is 19.0 Å². The Morgan fingerprint density at radius 3 is 2.64 bits per heavy atom. The molecule has 1 aromatic rings. The van der Waals surface area contributed by atoms with Crippen LogP contribution in [0.15, 0.2) is 24.3 Å². The lowest BCUT2D eigenvalue weighted by atomic mass is 10.1. The second-order valence-electron chi connectivity index (χ2n) is 6.98. The van der Waals surface area contributed by atoms with Gasteiger partial charge in [0.25, 0.3) is 0 Å². The number of amides is 1. The minimum absolute atomic E-state index is 0.0841. The van der Waals surface area contributed by atoms with Crippen molar-refractivity contribution in [2.75, 3.05) is 19.6 Å². The first-order valence-electron chi connectivity index (χ1n) is 8.81. The van der Waals surface area contributed by atoms with E-state index in [-0.39, 0.29) is 11.9 Å². The van der Waals surface area contributed by atoms with Gasteiger partial charge in [-0.2, -0.15) is 13.2 Å². The summed E-state index contributed by atoms with van der Waals surface area (Å²) < 4.78 is 37.8. The summed E-state index contributed by atoms with van der Waals surface area (Å²) in [5.41, 5.74) is 0.235. The topological polar surface area (TPSA) is 44.4 Å². The minimum Gasteiger partial charge on any atom is -0.352 e. The van der Waals surface area contributed by atoms with Crippen molar-refractivity contribution in [2.45, 2.75) is 50.5 Å². The lowest BCUT2D eigenvalue weighted by Gasteiger charge is -2.18. The fourth-order valence-corrected chi connectivity index (χ4v) is 3.59. The number of likely N-dealkylation sites (tertiary alicyclic amines) is 1. The molecule has 0 aromatic heterocycles. The number of benzene rings is 1. The van der Waals surface area contributed by atoms with Crippen molar-refractivity contribution in [2.24, 2.45) is 0 Å². The van der Waals surface area contributed by atoms with Gasteiger partial charge < -0.3 is 10.6 Å². The zero-order valence-electron chi connectivity index (χ0n) is 14.1. The van der Waals surface area contributed by atoms with Gasteiger partial charge in [0.15, 0.2) is 0 Å². The van der Waals surface area contributed by atoms with Crippen molar-refractivity contribution >= 4 is 5.91 Å². The highest BCUT2D eigenvalue weighted by Gasteiger charge is 2.30. The monoisotopic (exact) mass is 355 g/mol. The van der Waals surface area contributed by atoms with Crippen molar-refractivity contribution in [3.63, 3.8) is 0 Å². The Balaban J connectivity index is 1.44. The third-order valence-corrected chi connectivity index (χ3v) is 4.92. The molecule has 0 bridgehead atoms. The van der Waals surface area contributed by atoms with Crippen LogP contribution in [0, 0.1) is 0 Å². The fourth-order valence-electron chi connectivity index (χ4n) is 3.59. The van der Waals surface area contributed by atoms with Crippen LogP contribution in [0.5, 0.6) is 0 Å². The average molecular weight is 355 g/mol. The molecule has 138 valence electrons. The normalized spacial score (nSPS) is 24.6. The Morgan fingerprint density at radius 1 is 1.24 bits per heavy atom. The molecule has 0 spiro atoms. The van der Waals surface area contributed by atoms with Crippen LogP contribution in [-0.4, -0.2) is 42.5 Å². The number of nitrogens with zero attached hydrogens (tertiary/aromatic N) is 1. The van der Waals surface area contributed by atoms with Crippen molar-refractivity contribution in [1.29, 1.82) is 0 Å². The summed E-state index contributed by atoms with van der Waals surface area (Å²) in [6.45, 7) is 3.18. The van der Waals surface area contributed by atoms with Gasteiger partial charge >= 0.3 is 6.18 Å². The second kappa shape index (κ2) is 7.74. The van der Waals surface area contributed by atoms with Crippen LogP contribution in [0.25, 0.3) is 0 Å². The highest BCUT2D eigenvalue weighted by molar-refractivity contribution is 5.77. The molecule has 0 saturated carbocycles. The van der Waals surface area contributed by atoms with Crippen LogP contribution in [0.3, 0.4) is 0 Å². The summed E-state index contributed by atoms with van der Waals surface area (Å²) in [5.74, 6) is 0.0841. The third-order valence-electron chi connectivity index (χ3n) is 4.92. The molecular weight excluding hydrogens is 331 g/mol. The molecule has 25 heavy (non-hydrogen) atoms. The maximum absolute atomic E-state index is 12.6. The number of carbonyl (C=O) groups excluding carboxylic acids is 1. The quantitative estimate of drug-likeness (QED) is 0.853. The van der Waals surface area contributed by atoms with Gasteiger partial charge in [0, 0.05) is 38.1 Å². The van der Waals surface area contributed by atoms with Crippen molar-refractivity contribution in [3.05, 3.63) is 35.4 Å². The molecule has 2 unspecified atom stereocenters. The molecule has 1 amide bonds. The van der Waals surface area contributed by atoms with Crippen molar-refractivity contribution in [1.82, 2.24) is 15.5 Å². The number of rotatable bonds is 5. The number of hydrogen-bond acceptors (Lipinski definition) is 3. The van der Waals surface area contributed by atoms with E-state index < -0.39 is 11.7 Å². The number of hydrogen-bond donors (Lipinski definition) is 2. The first-order chi connectivity index (χ1) is 11.9. The fraction of sp³-hybridized carbons (Fsp3) is 0.611. The van der Waals surface area contributed by atoms with E-state index in [0.717, 1.165) is 56.6 Å². The number of alkyl halides is 3. The lowest BCUT2D eigenvalue weighted by molar-refractivity contribution is -0.137. The summed E-state index contributed by atoms with van der Waals surface area (Å²) in [6, 6.07) is 5.73. The molecule has 7 heteroatoms. The van der Waals surface area contributed by atoms with Gasteiger partial charge in [-0.15, -0.1) is 0 Å². The second-order valence-corrected chi connectivity index (χ2v) is 6.98. The molecule has 0 radical (unpaired) electrons. The van der Waals surface area contributed by atoms with Gasteiger partial charge in [0.1, 0.15) is 0 Å².